The highest BCUT2D eigenvalue weighted by Gasteiger charge is 2.04. The van der Waals surface area contributed by atoms with Crippen LogP contribution in [0.5, 0.6) is 5.75 Å². The van der Waals surface area contributed by atoms with Crippen molar-refractivity contribution in [3.05, 3.63) is 29.8 Å². The number of aliphatic hydroxyl groups excluding tert-OH is 1. The van der Waals surface area contributed by atoms with Gasteiger partial charge in [-0.3, -0.25) is 0 Å². The Bertz CT molecular complexity index is 443. The molecule has 19 heavy (non-hydrogen) atoms. The topological polar surface area (TPSA) is 65.3 Å². The number of terminal acetylenes is 1. The predicted octanol–water partition coefficient (Wildman–Crippen LogP) is 1.30. The second-order valence-electron chi connectivity index (χ2n) is 4.11. The largest absolute Gasteiger partial charge is 0.491 e. The van der Waals surface area contributed by atoms with Gasteiger partial charge in [0.25, 0.3) is 0 Å². The molecule has 0 amide bonds. The van der Waals surface area contributed by atoms with Gasteiger partial charge >= 0.3 is 0 Å². The minimum Gasteiger partial charge on any atom is -0.491 e. The van der Waals surface area contributed by atoms with Gasteiger partial charge in [-0.25, -0.2) is 0 Å². The minimum atomic E-state index is -0.568. The SMILES string of the molecule is C#CCCCNCC(O)COc1ccc(C#N)cc1. The van der Waals surface area contributed by atoms with E-state index < -0.39 is 6.10 Å². The molecule has 0 saturated heterocycles. The Labute approximate surface area is 114 Å². The van der Waals surface area contributed by atoms with E-state index in [2.05, 4.69) is 11.2 Å². The van der Waals surface area contributed by atoms with Crippen molar-refractivity contribution >= 4 is 0 Å². The molecule has 0 aliphatic rings. The fourth-order valence-electron chi connectivity index (χ4n) is 1.46. The van der Waals surface area contributed by atoms with Gasteiger partial charge in [0.1, 0.15) is 18.5 Å². The van der Waals surface area contributed by atoms with Crippen LogP contribution in [0.2, 0.25) is 0 Å². The number of aliphatic hydroxyl groups is 1. The van der Waals surface area contributed by atoms with Gasteiger partial charge < -0.3 is 15.2 Å². The van der Waals surface area contributed by atoms with Gasteiger partial charge in [-0.1, -0.05) is 0 Å². The zero-order valence-corrected chi connectivity index (χ0v) is 10.8. The van der Waals surface area contributed by atoms with Gasteiger partial charge in [-0.15, -0.1) is 12.3 Å². The summed E-state index contributed by atoms with van der Waals surface area (Å²) in [4.78, 5) is 0. The first kappa shape index (κ1) is 15.0. The summed E-state index contributed by atoms with van der Waals surface area (Å²) in [5, 5.41) is 21.4. The number of nitriles is 1. The summed E-state index contributed by atoms with van der Waals surface area (Å²) in [6.07, 6.45) is 6.21. The molecule has 2 N–H and O–H groups in total. The van der Waals surface area contributed by atoms with Gasteiger partial charge in [-0.05, 0) is 37.2 Å². The van der Waals surface area contributed by atoms with Crippen LogP contribution < -0.4 is 10.1 Å². The molecule has 0 heterocycles. The molecule has 0 fully saturated rings. The van der Waals surface area contributed by atoms with Gasteiger partial charge in [-0.2, -0.15) is 5.26 Å². The standard InChI is InChI=1S/C15H18N2O2/c1-2-3-4-9-17-11-14(18)12-19-15-7-5-13(10-16)6-8-15/h1,5-8,14,17-18H,3-4,9,11-12H2. The quantitative estimate of drug-likeness (QED) is 0.545. The molecule has 0 radical (unpaired) electrons. The minimum absolute atomic E-state index is 0.216. The van der Waals surface area contributed by atoms with Crippen molar-refractivity contribution in [3.8, 4) is 24.2 Å². The molecule has 0 aliphatic carbocycles. The number of hydrogen-bond donors (Lipinski definition) is 2. The molecule has 4 nitrogen and oxygen atoms in total. The summed E-state index contributed by atoms with van der Waals surface area (Å²) in [6.45, 7) is 1.48. The summed E-state index contributed by atoms with van der Waals surface area (Å²) in [6, 6.07) is 8.82. The first-order valence-corrected chi connectivity index (χ1v) is 6.21. The van der Waals surface area contributed by atoms with Gasteiger partial charge in [0.15, 0.2) is 0 Å². The van der Waals surface area contributed by atoms with E-state index in [4.69, 9.17) is 16.4 Å². The third-order valence-corrected chi connectivity index (χ3v) is 2.48. The fraction of sp³-hybridized carbons (Fsp3) is 0.400. The highest BCUT2D eigenvalue weighted by molar-refractivity contribution is 5.34. The molecule has 1 rings (SSSR count). The monoisotopic (exact) mass is 258 g/mol. The maximum atomic E-state index is 9.69. The Morgan fingerprint density at radius 1 is 1.37 bits per heavy atom. The number of benzene rings is 1. The van der Waals surface area contributed by atoms with Crippen LogP contribution in [0.15, 0.2) is 24.3 Å². The zero-order chi connectivity index (χ0) is 13.9. The number of ether oxygens (including phenoxy) is 1. The van der Waals surface area contributed by atoms with Crippen LogP contribution in [0, 0.1) is 23.7 Å². The molecule has 1 unspecified atom stereocenters. The lowest BCUT2D eigenvalue weighted by molar-refractivity contribution is 0.106. The molecular formula is C15H18N2O2. The van der Waals surface area contributed by atoms with Crippen molar-refractivity contribution < 1.29 is 9.84 Å². The van der Waals surface area contributed by atoms with Crippen LogP contribution in [0.3, 0.4) is 0 Å². The van der Waals surface area contributed by atoms with Crippen molar-refractivity contribution in [1.29, 1.82) is 5.26 Å². The summed E-state index contributed by atoms with van der Waals surface area (Å²) >= 11 is 0. The molecule has 100 valence electrons. The van der Waals surface area contributed by atoms with E-state index in [0.717, 1.165) is 19.4 Å². The first-order valence-electron chi connectivity index (χ1n) is 6.21. The summed E-state index contributed by atoms with van der Waals surface area (Å²) < 4.78 is 5.41. The van der Waals surface area contributed by atoms with Crippen LogP contribution in [0.25, 0.3) is 0 Å². The van der Waals surface area contributed by atoms with Crippen molar-refractivity contribution in [1.82, 2.24) is 5.32 Å². The molecule has 1 aromatic carbocycles. The van der Waals surface area contributed by atoms with Gasteiger partial charge in [0, 0.05) is 13.0 Å². The van der Waals surface area contributed by atoms with Crippen LogP contribution in [0.1, 0.15) is 18.4 Å². The Balaban J connectivity index is 2.17. The van der Waals surface area contributed by atoms with E-state index in [1.807, 2.05) is 6.07 Å². The van der Waals surface area contributed by atoms with Crippen molar-refractivity contribution in [2.24, 2.45) is 0 Å². The van der Waals surface area contributed by atoms with Gasteiger partial charge in [0.05, 0.1) is 11.6 Å². The number of hydrogen-bond acceptors (Lipinski definition) is 4. The molecule has 4 heteroatoms. The zero-order valence-electron chi connectivity index (χ0n) is 10.8. The van der Waals surface area contributed by atoms with E-state index >= 15 is 0 Å². The number of unbranched alkanes of at least 4 members (excludes halogenated alkanes) is 1. The van der Waals surface area contributed by atoms with Crippen molar-refractivity contribution in [3.63, 3.8) is 0 Å². The third-order valence-electron chi connectivity index (χ3n) is 2.48. The molecular weight excluding hydrogens is 240 g/mol. The molecule has 0 spiro atoms. The Morgan fingerprint density at radius 3 is 2.74 bits per heavy atom. The number of nitrogens with zero attached hydrogens (tertiary/aromatic N) is 1. The molecule has 0 saturated carbocycles. The Kier molecular flexibility index (Phi) is 7.12. The van der Waals surface area contributed by atoms with E-state index in [0.29, 0.717) is 17.9 Å². The lowest BCUT2D eigenvalue weighted by atomic mass is 10.2. The highest BCUT2D eigenvalue weighted by Crippen LogP contribution is 2.11. The van der Waals surface area contributed by atoms with Crippen LogP contribution in [-0.4, -0.2) is 30.9 Å². The molecule has 0 aliphatic heterocycles. The third kappa shape index (κ3) is 6.47. The predicted molar refractivity (Wildman–Crippen MR) is 73.6 cm³/mol. The van der Waals surface area contributed by atoms with Crippen molar-refractivity contribution in [2.75, 3.05) is 19.7 Å². The molecule has 0 bridgehead atoms. The smallest absolute Gasteiger partial charge is 0.119 e. The number of rotatable bonds is 8. The normalized spacial score (nSPS) is 11.3. The maximum Gasteiger partial charge on any atom is 0.119 e. The van der Waals surface area contributed by atoms with E-state index in [1.54, 1.807) is 24.3 Å². The van der Waals surface area contributed by atoms with E-state index in [1.165, 1.54) is 0 Å². The lowest BCUT2D eigenvalue weighted by Crippen LogP contribution is -2.31. The first-order chi connectivity index (χ1) is 9.26. The molecule has 0 aromatic heterocycles. The van der Waals surface area contributed by atoms with E-state index in [-0.39, 0.29) is 6.61 Å². The van der Waals surface area contributed by atoms with Crippen LogP contribution >= 0.6 is 0 Å². The van der Waals surface area contributed by atoms with Gasteiger partial charge in [0.2, 0.25) is 0 Å². The summed E-state index contributed by atoms with van der Waals surface area (Å²) in [5.41, 5.74) is 0.586. The average molecular weight is 258 g/mol. The second kappa shape index (κ2) is 8.99. The average Bonchev–Trinajstić information content (AvgIpc) is 2.45. The summed E-state index contributed by atoms with van der Waals surface area (Å²) in [5.74, 6) is 3.21. The molecule has 1 aromatic rings. The maximum absolute atomic E-state index is 9.69. The fourth-order valence-corrected chi connectivity index (χ4v) is 1.46. The van der Waals surface area contributed by atoms with E-state index in [9.17, 15) is 5.11 Å². The number of nitrogens with one attached hydrogen (secondary N) is 1. The summed E-state index contributed by atoms with van der Waals surface area (Å²) in [7, 11) is 0. The highest BCUT2D eigenvalue weighted by atomic mass is 16.5. The van der Waals surface area contributed by atoms with Crippen molar-refractivity contribution in [2.45, 2.75) is 18.9 Å². The Morgan fingerprint density at radius 2 is 2.11 bits per heavy atom. The lowest BCUT2D eigenvalue weighted by Gasteiger charge is -2.13. The molecule has 1 atom stereocenters. The van der Waals surface area contributed by atoms with Crippen LogP contribution in [0.4, 0.5) is 0 Å². The Hall–Kier alpha value is -2.01. The second-order valence-corrected chi connectivity index (χ2v) is 4.11. The van der Waals surface area contributed by atoms with Crippen LogP contribution in [-0.2, 0) is 0 Å².